The van der Waals surface area contributed by atoms with Gasteiger partial charge in [0, 0.05) is 18.7 Å². The Bertz CT molecular complexity index is 360. The molecule has 1 atom stereocenters. The van der Waals surface area contributed by atoms with Crippen LogP contribution in [0.4, 0.5) is 0 Å². The highest BCUT2D eigenvalue weighted by molar-refractivity contribution is 5.94. The Morgan fingerprint density at radius 2 is 2.56 bits per heavy atom. The third-order valence-corrected chi connectivity index (χ3v) is 2.17. The van der Waals surface area contributed by atoms with Gasteiger partial charge in [-0.2, -0.15) is 5.10 Å². The summed E-state index contributed by atoms with van der Waals surface area (Å²) >= 11 is 0. The highest BCUT2D eigenvalue weighted by Crippen LogP contribution is 2.01. The van der Waals surface area contributed by atoms with Crippen LogP contribution < -0.4 is 11.1 Å². The summed E-state index contributed by atoms with van der Waals surface area (Å²) in [5, 5.41) is 20.3. The van der Waals surface area contributed by atoms with Crippen molar-refractivity contribution >= 4 is 11.7 Å². The molecule has 1 aromatic heterocycles. The molecule has 1 unspecified atom stereocenters. The standard InChI is InChI=1S/C9H15N5O2/c1-2-7(3-8(10)14-16)13-9(15)6-4-11-12-5-6/h4-5,7,16H,2-3H2,1H3,(H2,10,14)(H,11,12)(H,13,15). The minimum Gasteiger partial charge on any atom is -0.409 e. The molecule has 1 rings (SSSR count). The van der Waals surface area contributed by atoms with Crippen molar-refractivity contribution in [1.82, 2.24) is 15.5 Å². The molecule has 0 bridgehead atoms. The van der Waals surface area contributed by atoms with Gasteiger partial charge < -0.3 is 16.3 Å². The van der Waals surface area contributed by atoms with Crippen LogP contribution in [0.25, 0.3) is 0 Å². The SMILES string of the molecule is CCC(CC(N)=NO)NC(=O)c1cn[nH]c1. The first-order chi connectivity index (χ1) is 7.67. The molecule has 0 aliphatic carbocycles. The minimum atomic E-state index is -0.230. The van der Waals surface area contributed by atoms with Gasteiger partial charge in [0.15, 0.2) is 0 Å². The molecule has 0 aliphatic heterocycles. The van der Waals surface area contributed by atoms with Crippen molar-refractivity contribution in [3.8, 4) is 0 Å². The van der Waals surface area contributed by atoms with E-state index in [0.717, 1.165) is 0 Å². The minimum absolute atomic E-state index is 0.0966. The molecular weight excluding hydrogens is 210 g/mol. The molecule has 1 aromatic rings. The lowest BCUT2D eigenvalue weighted by Crippen LogP contribution is -2.37. The van der Waals surface area contributed by atoms with Crippen LogP contribution in [0.15, 0.2) is 17.5 Å². The molecule has 88 valence electrons. The lowest BCUT2D eigenvalue weighted by molar-refractivity contribution is 0.0937. The fourth-order valence-electron chi connectivity index (χ4n) is 1.23. The van der Waals surface area contributed by atoms with Crippen LogP contribution in [-0.2, 0) is 0 Å². The van der Waals surface area contributed by atoms with Crippen molar-refractivity contribution in [2.45, 2.75) is 25.8 Å². The lowest BCUT2D eigenvalue weighted by Gasteiger charge is -2.15. The molecule has 7 nitrogen and oxygen atoms in total. The first-order valence-corrected chi connectivity index (χ1v) is 4.93. The number of nitrogens with zero attached hydrogens (tertiary/aromatic N) is 2. The second kappa shape index (κ2) is 5.74. The normalized spacial score (nSPS) is 13.4. The number of aromatic amines is 1. The molecule has 0 fully saturated rings. The number of aromatic nitrogens is 2. The Labute approximate surface area is 92.7 Å². The zero-order chi connectivity index (χ0) is 12.0. The van der Waals surface area contributed by atoms with Gasteiger partial charge in [-0.15, -0.1) is 0 Å². The number of nitrogens with one attached hydrogen (secondary N) is 2. The molecule has 0 saturated heterocycles. The van der Waals surface area contributed by atoms with E-state index in [9.17, 15) is 4.79 Å². The molecule has 0 radical (unpaired) electrons. The number of carbonyl (C=O) groups excluding carboxylic acids is 1. The second-order valence-electron chi connectivity index (χ2n) is 3.36. The fraction of sp³-hybridized carbons (Fsp3) is 0.444. The van der Waals surface area contributed by atoms with E-state index in [2.05, 4.69) is 20.7 Å². The molecule has 0 aromatic carbocycles. The fourth-order valence-corrected chi connectivity index (χ4v) is 1.23. The molecule has 0 spiro atoms. The summed E-state index contributed by atoms with van der Waals surface area (Å²) in [6.45, 7) is 1.91. The van der Waals surface area contributed by atoms with Gasteiger partial charge in [-0.1, -0.05) is 12.1 Å². The predicted molar refractivity (Wildman–Crippen MR) is 58.2 cm³/mol. The smallest absolute Gasteiger partial charge is 0.254 e. The Morgan fingerprint density at radius 1 is 1.81 bits per heavy atom. The van der Waals surface area contributed by atoms with E-state index in [4.69, 9.17) is 10.9 Å². The van der Waals surface area contributed by atoms with Crippen molar-refractivity contribution in [2.75, 3.05) is 0 Å². The molecular formula is C9H15N5O2. The second-order valence-corrected chi connectivity index (χ2v) is 3.36. The molecule has 16 heavy (non-hydrogen) atoms. The van der Waals surface area contributed by atoms with Gasteiger partial charge in [-0.25, -0.2) is 0 Å². The van der Waals surface area contributed by atoms with E-state index < -0.39 is 0 Å². The monoisotopic (exact) mass is 225 g/mol. The Hall–Kier alpha value is -2.05. The first-order valence-electron chi connectivity index (χ1n) is 4.93. The third kappa shape index (κ3) is 3.26. The summed E-state index contributed by atoms with van der Waals surface area (Å²) in [6.07, 6.45) is 3.95. The van der Waals surface area contributed by atoms with Crippen molar-refractivity contribution < 1.29 is 10.0 Å². The summed E-state index contributed by atoms with van der Waals surface area (Å²) in [5.74, 6) is -0.134. The van der Waals surface area contributed by atoms with Gasteiger partial charge in [0.05, 0.1) is 11.8 Å². The largest absolute Gasteiger partial charge is 0.409 e. The quantitative estimate of drug-likeness (QED) is 0.245. The van der Waals surface area contributed by atoms with E-state index in [1.165, 1.54) is 12.4 Å². The van der Waals surface area contributed by atoms with E-state index >= 15 is 0 Å². The number of amidine groups is 1. The number of oxime groups is 1. The van der Waals surface area contributed by atoms with Crippen LogP contribution in [0.1, 0.15) is 30.1 Å². The summed E-state index contributed by atoms with van der Waals surface area (Å²) < 4.78 is 0. The molecule has 7 heteroatoms. The zero-order valence-electron chi connectivity index (χ0n) is 8.97. The maximum atomic E-state index is 11.6. The van der Waals surface area contributed by atoms with Crippen LogP contribution >= 0.6 is 0 Å². The Kier molecular flexibility index (Phi) is 4.31. The van der Waals surface area contributed by atoms with E-state index in [1.807, 2.05) is 6.92 Å². The molecule has 5 N–H and O–H groups in total. The predicted octanol–water partition coefficient (Wildman–Crippen LogP) is 0.0546. The van der Waals surface area contributed by atoms with Crippen LogP contribution in [0, 0.1) is 0 Å². The Morgan fingerprint density at radius 3 is 3.06 bits per heavy atom. The van der Waals surface area contributed by atoms with Crippen LogP contribution in [0.5, 0.6) is 0 Å². The number of hydrogen-bond donors (Lipinski definition) is 4. The van der Waals surface area contributed by atoms with Crippen molar-refractivity contribution in [3.63, 3.8) is 0 Å². The summed E-state index contributed by atoms with van der Waals surface area (Å²) in [5.41, 5.74) is 5.83. The number of H-pyrrole nitrogens is 1. The highest BCUT2D eigenvalue weighted by Gasteiger charge is 2.14. The topological polar surface area (TPSA) is 116 Å². The molecule has 0 saturated carbocycles. The summed E-state index contributed by atoms with van der Waals surface area (Å²) in [6, 6.07) is -0.154. The average molecular weight is 225 g/mol. The van der Waals surface area contributed by atoms with Crippen LogP contribution in [-0.4, -0.2) is 33.2 Å². The average Bonchev–Trinajstić information content (AvgIpc) is 2.81. The number of carbonyl (C=O) groups is 1. The highest BCUT2D eigenvalue weighted by atomic mass is 16.4. The molecule has 1 amide bonds. The molecule has 0 aliphatic rings. The zero-order valence-corrected chi connectivity index (χ0v) is 8.97. The van der Waals surface area contributed by atoms with E-state index in [1.54, 1.807) is 0 Å². The summed E-state index contributed by atoms with van der Waals surface area (Å²) in [4.78, 5) is 11.6. The van der Waals surface area contributed by atoms with Crippen molar-refractivity contribution in [3.05, 3.63) is 18.0 Å². The van der Waals surface area contributed by atoms with Crippen molar-refractivity contribution in [1.29, 1.82) is 0 Å². The number of hydrogen-bond acceptors (Lipinski definition) is 4. The van der Waals surface area contributed by atoms with E-state index in [0.29, 0.717) is 18.4 Å². The maximum Gasteiger partial charge on any atom is 0.254 e. The molecule has 1 heterocycles. The Balaban J connectivity index is 2.54. The number of nitrogens with two attached hydrogens (primary N) is 1. The number of rotatable bonds is 5. The van der Waals surface area contributed by atoms with E-state index in [-0.39, 0.29) is 17.8 Å². The maximum absolute atomic E-state index is 11.6. The third-order valence-electron chi connectivity index (χ3n) is 2.17. The van der Waals surface area contributed by atoms with Crippen LogP contribution in [0.3, 0.4) is 0 Å². The summed E-state index contributed by atoms with van der Waals surface area (Å²) in [7, 11) is 0. The van der Waals surface area contributed by atoms with Crippen LogP contribution in [0.2, 0.25) is 0 Å². The van der Waals surface area contributed by atoms with Gasteiger partial charge in [0.2, 0.25) is 0 Å². The first kappa shape index (κ1) is 12.0. The lowest BCUT2D eigenvalue weighted by atomic mass is 10.1. The van der Waals surface area contributed by atoms with Gasteiger partial charge in [-0.05, 0) is 6.42 Å². The number of amides is 1. The van der Waals surface area contributed by atoms with Gasteiger partial charge in [0.25, 0.3) is 5.91 Å². The van der Waals surface area contributed by atoms with Gasteiger partial charge in [-0.3, -0.25) is 9.89 Å². The van der Waals surface area contributed by atoms with Gasteiger partial charge in [0.1, 0.15) is 5.84 Å². The van der Waals surface area contributed by atoms with Gasteiger partial charge >= 0.3 is 0 Å². The van der Waals surface area contributed by atoms with Crippen molar-refractivity contribution in [2.24, 2.45) is 10.9 Å².